The number of ether oxygens (including phenoxy) is 1. The molecule has 1 atom stereocenters. The van der Waals surface area contributed by atoms with Crippen LogP contribution in [0.25, 0.3) is 0 Å². The van der Waals surface area contributed by atoms with Gasteiger partial charge in [-0.25, -0.2) is 0 Å². The minimum atomic E-state index is 0.306. The summed E-state index contributed by atoms with van der Waals surface area (Å²) in [7, 11) is 3.70. The maximum atomic E-state index is 5.20. The van der Waals surface area contributed by atoms with Gasteiger partial charge in [-0.3, -0.25) is 0 Å². The van der Waals surface area contributed by atoms with Crippen LogP contribution >= 0.6 is 15.9 Å². The molecule has 0 aliphatic rings. The lowest BCUT2D eigenvalue weighted by Gasteiger charge is -2.20. The predicted molar refractivity (Wildman–Crippen MR) is 87.4 cm³/mol. The van der Waals surface area contributed by atoms with Crippen molar-refractivity contribution in [2.24, 2.45) is 0 Å². The molecule has 0 amide bonds. The first-order chi connectivity index (χ1) is 9.65. The molecule has 0 aliphatic carbocycles. The topological polar surface area (TPSA) is 21.3 Å². The number of likely N-dealkylation sites (N-methyl/N-ethyl adjacent to an activating group) is 1. The van der Waals surface area contributed by atoms with E-state index in [1.807, 2.05) is 19.2 Å². The molecule has 3 heteroatoms. The molecule has 1 N–H and O–H groups in total. The van der Waals surface area contributed by atoms with E-state index in [2.05, 4.69) is 58.5 Å². The van der Waals surface area contributed by atoms with Gasteiger partial charge in [0.2, 0.25) is 0 Å². The van der Waals surface area contributed by atoms with Gasteiger partial charge in [0, 0.05) is 10.5 Å². The predicted octanol–water partition coefficient (Wildman–Crippen LogP) is 4.27. The van der Waals surface area contributed by atoms with Crippen molar-refractivity contribution in [2.75, 3.05) is 14.2 Å². The molecule has 2 aromatic carbocycles. The molecular formula is C17H20BrNO. The smallest absolute Gasteiger partial charge is 0.118 e. The molecule has 0 aromatic heterocycles. The van der Waals surface area contributed by atoms with Gasteiger partial charge in [-0.2, -0.15) is 0 Å². The molecule has 20 heavy (non-hydrogen) atoms. The van der Waals surface area contributed by atoms with Crippen molar-refractivity contribution in [3.63, 3.8) is 0 Å². The zero-order valence-electron chi connectivity index (χ0n) is 12.1. The zero-order chi connectivity index (χ0) is 14.5. The van der Waals surface area contributed by atoms with Crippen molar-refractivity contribution >= 4 is 15.9 Å². The van der Waals surface area contributed by atoms with Gasteiger partial charge in [-0.05, 0) is 55.3 Å². The highest BCUT2D eigenvalue weighted by Gasteiger charge is 2.13. The van der Waals surface area contributed by atoms with E-state index in [-0.39, 0.29) is 0 Å². The number of benzene rings is 2. The molecule has 0 saturated carbocycles. The van der Waals surface area contributed by atoms with Crippen molar-refractivity contribution in [1.29, 1.82) is 0 Å². The maximum Gasteiger partial charge on any atom is 0.118 e. The van der Waals surface area contributed by atoms with Gasteiger partial charge in [0.25, 0.3) is 0 Å². The van der Waals surface area contributed by atoms with Crippen LogP contribution in [0.15, 0.2) is 46.9 Å². The molecule has 0 heterocycles. The Hall–Kier alpha value is -1.32. The molecule has 0 radical (unpaired) electrons. The van der Waals surface area contributed by atoms with Crippen molar-refractivity contribution in [3.8, 4) is 5.75 Å². The molecule has 2 nitrogen and oxygen atoms in total. The molecule has 106 valence electrons. The Labute approximate surface area is 129 Å². The Balaban J connectivity index is 2.21. The highest BCUT2D eigenvalue weighted by Crippen LogP contribution is 2.27. The second kappa shape index (κ2) is 6.91. The number of hydrogen-bond acceptors (Lipinski definition) is 2. The first kappa shape index (κ1) is 15.1. The van der Waals surface area contributed by atoms with Gasteiger partial charge in [0.05, 0.1) is 7.11 Å². The highest BCUT2D eigenvalue weighted by atomic mass is 79.9. The molecule has 1 unspecified atom stereocenters. The quantitative estimate of drug-likeness (QED) is 0.882. The fourth-order valence-corrected chi connectivity index (χ4v) is 2.75. The fourth-order valence-electron chi connectivity index (χ4n) is 2.37. The number of hydrogen-bond donors (Lipinski definition) is 1. The Morgan fingerprint density at radius 3 is 2.45 bits per heavy atom. The maximum absolute atomic E-state index is 5.20. The normalized spacial score (nSPS) is 12.2. The van der Waals surface area contributed by atoms with E-state index < -0.39 is 0 Å². The van der Waals surface area contributed by atoms with Crippen LogP contribution in [0.5, 0.6) is 5.75 Å². The Kier molecular flexibility index (Phi) is 5.21. The zero-order valence-corrected chi connectivity index (χ0v) is 13.7. The van der Waals surface area contributed by atoms with Crippen molar-refractivity contribution in [1.82, 2.24) is 5.32 Å². The van der Waals surface area contributed by atoms with Crippen LogP contribution < -0.4 is 10.1 Å². The molecular weight excluding hydrogens is 314 g/mol. The van der Waals surface area contributed by atoms with Crippen molar-refractivity contribution in [2.45, 2.75) is 19.4 Å². The summed E-state index contributed by atoms with van der Waals surface area (Å²) in [6, 6.07) is 14.9. The largest absolute Gasteiger partial charge is 0.497 e. The number of halogens is 1. The number of nitrogens with one attached hydrogen (secondary N) is 1. The van der Waals surface area contributed by atoms with Crippen molar-refractivity contribution in [3.05, 3.63) is 63.6 Å². The SMILES string of the molecule is CNC(Cc1ccc(OC)cc1)c1cccc(Br)c1C. The Bertz CT molecular complexity index is 566. The van der Waals surface area contributed by atoms with Crippen LogP contribution in [0.3, 0.4) is 0 Å². The number of rotatable bonds is 5. The average Bonchev–Trinajstić information content (AvgIpc) is 2.48. The summed E-state index contributed by atoms with van der Waals surface area (Å²) in [4.78, 5) is 0. The minimum Gasteiger partial charge on any atom is -0.497 e. The second-order valence-electron chi connectivity index (χ2n) is 4.85. The average molecular weight is 334 g/mol. The minimum absolute atomic E-state index is 0.306. The van der Waals surface area contributed by atoms with Crippen LogP contribution in [0, 0.1) is 6.92 Å². The molecule has 0 bridgehead atoms. The van der Waals surface area contributed by atoms with E-state index in [1.54, 1.807) is 7.11 Å². The summed E-state index contributed by atoms with van der Waals surface area (Å²) in [5, 5.41) is 3.41. The lowest BCUT2D eigenvalue weighted by Crippen LogP contribution is -2.20. The Morgan fingerprint density at radius 2 is 1.85 bits per heavy atom. The van der Waals surface area contributed by atoms with Crippen molar-refractivity contribution < 1.29 is 4.74 Å². The summed E-state index contributed by atoms with van der Waals surface area (Å²) in [5.41, 5.74) is 3.92. The van der Waals surface area contributed by atoms with Gasteiger partial charge in [-0.15, -0.1) is 0 Å². The standard InChI is InChI=1S/C17H20BrNO/c1-12-15(5-4-6-16(12)18)17(19-2)11-13-7-9-14(20-3)10-8-13/h4-10,17,19H,11H2,1-3H3. The summed E-state index contributed by atoms with van der Waals surface area (Å²) < 4.78 is 6.36. The van der Waals surface area contributed by atoms with Crippen LogP contribution in [-0.2, 0) is 6.42 Å². The summed E-state index contributed by atoms with van der Waals surface area (Å²) in [6.07, 6.45) is 0.956. The summed E-state index contributed by atoms with van der Waals surface area (Å²) >= 11 is 3.60. The van der Waals surface area contributed by atoms with E-state index in [0.717, 1.165) is 16.6 Å². The monoisotopic (exact) mass is 333 g/mol. The van der Waals surface area contributed by atoms with E-state index in [0.29, 0.717) is 6.04 Å². The fraction of sp³-hybridized carbons (Fsp3) is 0.294. The third-order valence-corrected chi connectivity index (χ3v) is 4.49. The van der Waals surface area contributed by atoms with E-state index >= 15 is 0 Å². The molecule has 2 rings (SSSR count). The second-order valence-corrected chi connectivity index (χ2v) is 5.70. The van der Waals surface area contributed by atoms with Gasteiger partial charge < -0.3 is 10.1 Å². The molecule has 0 spiro atoms. The highest BCUT2D eigenvalue weighted by molar-refractivity contribution is 9.10. The van der Waals surface area contributed by atoms with Gasteiger partial charge in [0.15, 0.2) is 0 Å². The summed E-state index contributed by atoms with van der Waals surface area (Å²) in [5.74, 6) is 0.897. The van der Waals surface area contributed by atoms with Gasteiger partial charge in [0.1, 0.15) is 5.75 Å². The van der Waals surface area contributed by atoms with Gasteiger partial charge in [-0.1, -0.05) is 40.2 Å². The summed E-state index contributed by atoms with van der Waals surface area (Å²) in [6.45, 7) is 2.15. The van der Waals surface area contributed by atoms with Crippen LogP contribution in [0.2, 0.25) is 0 Å². The Morgan fingerprint density at radius 1 is 1.15 bits per heavy atom. The third-order valence-electron chi connectivity index (χ3n) is 3.63. The molecule has 0 aliphatic heterocycles. The van der Waals surface area contributed by atoms with E-state index in [4.69, 9.17) is 4.74 Å². The van der Waals surface area contributed by atoms with Crippen LogP contribution in [0.1, 0.15) is 22.7 Å². The van der Waals surface area contributed by atoms with Crippen LogP contribution in [0.4, 0.5) is 0 Å². The van der Waals surface area contributed by atoms with E-state index in [1.165, 1.54) is 16.7 Å². The van der Waals surface area contributed by atoms with E-state index in [9.17, 15) is 0 Å². The molecule has 0 fully saturated rings. The van der Waals surface area contributed by atoms with Crippen LogP contribution in [-0.4, -0.2) is 14.2 Å². The lowest BCUT2D eigenvalue weighted by atomic mass is 9.95. The first-order valence-electron chi connectivity index (χ1n) is 6.71. The first-order valence-corrected chi connectivity index (χ1v) is 7.50. The molecule has 2 aromatic rings. The third kappa shape index (κ3) is 3.41. The molecule has 0 saturated heterocycles. The number of methoxy groups -OCH3 is 1. The van der Waals surface area contributed by atoms with Gasteiger partial charge >= 0.3 is 0 Å². The lowest BCUT2D eigenvalue weighted by molar-refractivity contribution is 0.414.